The SMILES string of the molecule is O=C1CSCC(C(=O)Nc2ccccc2N2CCOCC2)N1. The fourth-order valence-corrected chi connectivity index (χ4v) is 3.42. The van der Waals surface area contributed by atoms with Crippen LogP contribution in [0.2, 0.25) is 0 Å². The normalized spacial score (nSPS) is 22.1. The minimum absolute atomic E-state index is 0.0853. The van der Waals surface area contributed by atoms with E-state index >= 15 is 0 Å². The number of ether oxygens (including phenoxy) is 1. The molecule has 2 aliphatic rings. The Morgan fingerprint density at radius 2 is 2.09 bits per heavy atom. The van der Waals surface area contributed by atoms with Gasteiger partial charge in [0.25, 0.3) is 0 Å². The van der Waals surface area contributed by atoms with Crippen LogP contribution in [0, 0.1) is 0 Å². The van der Waals surface area contributed by atoms with Gasteiger partial charge >= 0.3 is 0 Å². The molecule has 118 valence electrons. The van der Waals surface area contributed by atoms with Crippen molar-refractivity contribution in [3.05, 3.63) is 24.3 Å². The third kappa shape index (κ3) is 3.53. The van der Waals surface area contributed by atoms with Crippen LogP contribution in [0.5, 0.6) is 0 Å². The van der Waals surface area contributed by atoms with Crippen LogP contribution >= 0.6 is 11.8 Å². The van der Waals surface area contributed by atoms with Gasteiger partial charge in [-0.1, -0.05) is 12.1 Å². The number of hydrogen-bond donors (Lipinski definition) is 2. The van der Waals surface area contributed by atoms with Gasteiger partial charge in [-0.15, -0.1) is 11.8 Å². The summed E-state index contributed by atoms with van der Waals surface area (Å²) in [7, 11) is 0. The zero-order valence-corrected chi connectivity index (χ0v) is 13.0. The van der Waals surface area contributed by atoms with Crippen LogP contribution < -0.4 is 15.5 Å². The molecule has 1 aromatic rings. The van der Waals surface area contributed by atoms with Crippen molar-refractivity contribution < 1.29 is 14.3 Å². The van der Waals surface area contributed by atoms with Crippen LogP contribution in [-0.4, -0.2) is 55.7 Å². The van der Waals surface area contributed by atoms with Gasteiger partial charge in [-0.3, -0.25) is 9.59 Å². The number of carbonyl (C=O) groups excluding carboxylic acids is 2. The van der Waals surface area contributed by atoms with Crippen LogP contribution in [0.25, 0.3) is 0 Å². The molecule has 0 aromatic heterocycles. The zero-order valence-electron chi connectivity index (χ0n) is 12.2. The van der Waals surface area contributed by atoms with Crippen molar-refractivity contribution in [1.29, 1.82) is 0 Å². The monoisotopic (exact) mass is 321 g/mol. The number of carbonyl (C=O) groups is 2. The largest absolute Gasteiger partial charge is 0.378 e. The molecule has 0 spiro atoms. The zero-order chi connectivity index (χ0) is 15.4. The Kier molecular flexibility index (Phi) is 4.84. The van der Waals surface area contributed by atoms with Gasteiger partial charge in [0.2, 0.25) is 11.8 Å². The number of para-hydroxylation sites is 2. The molecule has 0 aliphatic carbocycles. The summed E-state index contributed by atoms with van der Waals surface area (Å²) in [5.41, 5.74) is 1.77. The van der Waals surface area contributed by atoms with E-state index in [2.05, 4.69) is 15.5 Å². The highest BCUT2D eigenvalue weighted by Gasteiger charge is 2.26. The van der Waals surface area contributed by atoms with E-state index in [1.165, 1.54) is 11.8 Å². The van der Waals surface area contributed by atoms with Crippen molar-refractivity contribution in [1.82, 2.24) is 5.32 Å². The van der Waals surface area contributed by atoms with Crippen LogP contribution in [0.4, 0.5) is 11.4 Å². The molecule has 0 bridgehead atoms. The molecule has 2 fully saturated rings. The second kappa shape index (κ2) is 7.02. The smallest absolute Gasteiger partial charge is 0.247 e. The van der Waals surface area contributed by atoms with Gasteiger partial charge in [0.15, 0.2) is 0 Å². The Morgan fingerprint density at radius 3 is 2.86 bits per heavy atom. The van der Waals surface area contributed by atoms with E-state index in [0.29, 0.717) is 24.7 Å². The number of thioether (sulfide) groups is 1. The lowest BCUT2D eigenvalue weighted by molar-refractivity contribution is -0.124. The molecule has 3 rings (SSSR count). The van der Waals surface area contributed by atoms with Gasteiger partial charge in [0.05, 0.1) is 30.3 Å². The first kappa shape index (κ1) is 15.2. The summed E-state index contributed by atoms with van der Waals surface area (Å²) in [5, 5.41) is 5.68. The summed E-state index contributed by atoms with van der Waals surface area (Å²) in [4.78, 5) is 26.0. The summed E-state index contributed by atoms with van der Waals surface area (Å²) in [5.74, 6) is 0.782. The molecule has 0 saturated carbocycles. The van der Waals surface area contributed by atoms with Gasteiger partial charge in [-0.05, 0) is 12.1 Å². The first-order valence-corrected chi connectivity index (χ1v) is 8.49. The quantitative estimate of drug-likeness (QED) is 0.857. The van der Waals surface area contributed by atoms with Crippen molar-refractivity contribution in [2.24, 2.45) is 0 Å². The summed E-state index contributed by atoms with van der Waals surface area (Å²) in [6.45, 7) is 3.00. The molecule has 1 unspecified atom stereocenters. The summed E-state index contributed by atoms with van der Waals surface area (Å²) in [6, 6.07) is 7.27. The van der Waals surface area contributed by atoms with E-state index in [9.17, 15) is 9.59 Å². The minimum atomic E-state index is -0.469. The Balaban J connectivity index is 1.71. The lowest BCUT2D eigenvalue weighted by Crippen LogP contribution is -2.49. The lowest BCUT2D eigenvalue weighted by Gasteiger charge is -2.31. The maximum Gasteiger partial charge on any atom is 0.247 e. The number of amides is 2. The molecule has 2 N–H and O–H groups in total. The maximum atomic E-state index is 12.4. The van der Waals surface area contributed by atoms with Crippen LogP contribution in [-0.2, 0) is 14.3 Å². The molecule has 0 radical (unpaired) electrons. The first-order chi connectivity index (χ1) is 10.7. The second-order valence-electron chi connectivity index (χ2n) is 5.24. The van der Waals surface area contributed by atoms with Gasteiger partial charge in [-0.25, -0.2) is 0 Å². The molecule has 1 aromatic carbocycles. The number of hydrogen-bond acceptors (Lipinski definition) is 5. The fraction of sp³-hybridized carbons (Fsp3) is 0.467. The van der Waals surface area contributed by atoms with Crippen LogP contribution in [0.3, 0.4) is 0 Å². The number of morpholine rings is 1. The highest BCUT2D eigenvalue weighted by Crippen LogP contribution is 2.26. The average Bonchev–Trinajstić information content (AvgIpc) is 2.56. The third-order valence-corrected chi connectivity index (χ3v) is 4.72. The Labute approximate surface area is 133 Å². The van der Waals surface area contributed by atoms with Gasteiger partial charge in [0, 0.05) is 18.8 Å². The van der Waals surface area contributed by atoms with Gasteiger partial charge < -0.3 is 20.3 Å². The van der Waals surface area contributed by atoms with E-state index in [1.54, 1.807) is 0 Å². The van der Waals surface area contributed by atoms with E-state index in [0.717, 1.165) is 24.5 Å². The van der Waals surface area contributed by atoms with Gasteiger partial charge in [0.1, 0.15) is 6.04 Å². The number of rotatable bonds is 3. The minimum Gasteiger partial charge on any atom is -0.378 e. The molecular weight excluding hydrogens is 302 g/mol. The van der Waals surface area contributed by atoms with Crippen molar-refractivity contribution >= 4 is 35.0 Å². The predicted molar refractivity (Wildman–Crippen MR) is 87.4 cm³/mol. The molecule has 2 heterocycles. The summed E-state index contributed by atoms with van der Waals surface area (Å²) < 4.78 is 5.37. The molecular formula is C15H19N3O3S. The van der Waals surface area contributed by atoms with E-state index in [-0.39, 0.29) is 11.8 Å². The lowest BCUT2D eigenvalue weighted by atomic mass is 10.2. The third-order valence-electron chi connectivity index (χ3n) is 3.68. The van der Waals surface area contributed by atoms with Crippen LogP contribution in [0.15, 0.2) is 24.3 Å². The molecule has 1 atom stereocenters. The number of nitrogens with zero attached hydrogens (tertiary/aromatic N) is 1. The topological polar surface area (TPSA) is 70.7 Å². The number of nitrogens with one attached hydrogen (secondary N) is 2. The van der Waals surface area contributed by atoms with Crippen LogP contribution in [0.1, 0.15) is 0 Å². The highest BCUT2D eigenvalue weighted by molar-refractivity contribution is 8.00. The van der Waals surface area contributed by atoms with E-state index in [4.69, 9.17) is 4.74 Å². The maximum absolute atomic E-state index is 12.4. The first-order valence-electron chi connectivity index (χ1n) is 7.34. The van der Waals surface area contributed by atoms with E-state index in [1.807, 2.05) is 24.3 Å². The van der Waals surface area contributed by atoms with E-state index < -0.39 is 6.04 Å². The number of benzene rings is 1. The standard InChI is InChI=1S/C15H19N3O3S/c19-14-10-22-9-12(16-14)15(20)17-11-3-1-2-4-13(11)18-5-7-21-8-6-18/h1-4,12H,5-10H2,(H,16,19)(H,17,20). The predicted octanol–water partition coefficient (Wildman–Crippen LogP) is 0.693. The van der Waals surface area contributed by atoms with Crippen molar-refractivity contribution in [2.75, 3.05) is 48.0 Å². The van der Waals surface area contributed by atoms with Gasteiger partial charge in [-0.2, -0.15) is 0 Å². The summed E-state index contributed by atoms with van der Waals surface area (Å²) >= 11 is 1.48. The Bertz CT molecular complexity index is 561. The van der Waals surface area contributed by atoms with Crippen molar-refractivity contribution in [3.8, 4) is 0 Å². The van der Waals surface area contributed by atoms with Crippen molar-refractivity contribution in [3.63, 3.8) is 0 Å². The Hall–Kier alpha value is -1.73. The molecule has 6 nitrogen and oxygen atoms in total. The molecule has 7 heteroatoms. The molecule has 22 heavy (non-hydrogen) atoms. The summed E-state index contributed by atoms with van der Waals surface area (Å²) in [6.07, 6.45) is 0. The molecule has 2 saturated heterocycles. The second-order valence-corrected chi connectivity index (χ2v) is 6.27. The van der Waals surface area contributed by atoms with Crippen molar-refractivity contribution in [2.45, 2.75) is 6.04 Å². The number of anilines is 2. The molecule has 2 aliphatic heterocycles. The fourth-order valence-electron chi connectivity index (χ4n) is 2.57. The highest BCUT2D eigenvalue weighted by atomic mass is 32.2. The molecule has 2 amide bonds. The average molecular weight is 321 g/mol. The Morgan fingerprint density at radius 1 is 1.32 bits per heavy atom.